The number of hydrogen-bond acceptors (Lipinski definition) is 6. The Kier molecular flexibility index (Phi) is 6.94. The molecule has 0 fully saturated rings. The Morgan fingerprint density at radius 2 is 1.73 bits per heavy atom. The number of amidine groups is 1. The standard InChI is InChI=1S/C28H27F2N5O2/c1-18-3-12-24(19-4-8-22(29)9-5-19)32-27(20-6-10-23(30)11-7-20)35(18)17-26(36)34-14-13-25-21(16-34)15-31-28(33-25)37-2/h4-12,15,18H,3,13-14,16-17H2,1-2H3. The molecule has 7 nitrogen and oxygen atoms in total. The summed E-state index contributed by atoms with van der Waals surface area (Å²) in [7, 11) is 1.53. The molecule has 0 saturated carbocycles. The van der Waals surface area contributed by atoms with Gasteiger partial charge in [-0.1, -0.05) is 6.08 Å². The summed E-state index contributed by atoms with van der Waals surface area (Å²) >= 11 is 0. The number of aromatic nitrogens is 2. The van der Waals surface area contributed by atoms with Gasteiger partial charge in [0, 0.05) is 48.4 Å². The van der Waals surface area contributed by atoms with Gasteiger partial charge in [-0.05, 0) is 61.9 Å². The number of rotatable bonds is 5. The molecule has 0 bridgehead atoms. The summed E-state index contributed by atoms with van der Waals surface area (Å²) < 4.78 is 32.4. The Bertz CT molecular complexity index is 1360. The van der Waals surface area contributed by atoms with Crippen molar-refractivity contribution in [2.75, 3.05) is 20.2 Å². The van der Waals surface area contributed by atoms with Crippen molar-refractivity contribution in [1.82, 2.24) is 19.8 Å². The largest absolute Gasteiger partial charge is 0.467 e. The first-order valence-electron chi connectivity index (χ1n) is 12.1. The summed E-state index contributed by atoms with van der Waals surface area (Å²) in [6.45, 7) is 3.09. The Balaban J connectivity index is 1.43. The van der Waals surface area contributed by atoms with Crippen LogP contribution in [0.1, 0.15) is 35.7 Å². The number of methoxy groups -OCH3 is 1. The van der Waals surface area contributed by atoms with Crippen molar-refractivity contribution in [3.63, 3.8) is 0 Å². The van der Waals surface area contributed by atoms with Gasteiger partial charge in [-0.15, -0.1) is 0 Å². The zero-order chi connectivity index (χ0) is 25.9. The van der Waals surface area contributed by atoms with E-state index in [0.29, 0.717) is 49.0 Å². The molecule has 0 N–H and O–H groups in total. The molecule has 9 heteroatoms. The van der Waals surface area contributed by atoms with Crippen molar-refractivity contribution < 1.29 is 18.3 Å². The summed E-state index contributed by atoms with van der Waals surface area (Å²) in [5, 5.41) is 0. The first kappa shape index (κ1) is 24.5. The van der Waals surface area contributed by atoms with Crippen LogP contribution in [0.15, 0.2) is 65.8 Å². The molecule has 0 aliphatic carbocycles. The topological polar surface area (TPSA) is 70.9 Å². The van der Waals surface area contributed by atoms with E-state index in [1.165, 1.54) is 31.4 Å². The molecule has 0 spiro atoms. The monoisotopic (exact) mass is 503 g/mol. The number of amides is 1. The van der Waals surface area contributed by atoms with Gasteiger partial charge >= 0.3 is 6.01 Å². The van der Waals surface area contributed by atoms with Crippen LogP contribution in [-0.2, 0) is 17.8 Å². The molecular formula is C28H27F2N5O2. The van der Waals surface area contributed by atoms with Gasteiger partial charge < -0.3 is 14.5 Å². The highest BCUT2D eigenvalue weighted by Gasteiger charge is 2.29. The van der Waals surface area contributed by atoms with E-state index < -0.39 is 0 Å². The van der Waals surface area contributed by atoms with E-state index in [2.05, 4.69) is 9.97 Å². The number of aliphatic imine (C=N–C) groups is 1. The Hall–Kier alpha value is -4.14. The van der Waals surface area contributed by atoms with Gasteiger partial charge in [0.25, 0.3) is 0 Å². The molecule has 0 saturated heterocycles. The second-order valence-corrected chi connectivity index (χ2v) is 9.15. The average Bonchev–Trinajstić information content (AvgIpc) is 3.08. The van der Waals surface area contributed by atoms with Crippen LogP contribution in [0.4, 0.5) is 8.78 Å². The van der Waals surface area contributed by atoms with E-state index in [1.807, 2.05) is 17.9 Å². The van der Waals surface area contributed by atoms with Gasteiger partial charge in [-0.2, -0.15) is 4.98 Å². The van der Waals surface area contributed by atoms with Crippen LogP contribution >= 0.6 is 0 Å². The summed E-state index contributed by atoms with van der Waals surface area (Å²) in [6.07, 6.45) is 4.95. The lowest BCUT2D eigenvalue weighted by Crippen LogP contribution is -2.47. The van der Waals surface area contributed by atoms with Crippen molar-refractivity contribution in [1.29, 1.82) is 0 Å². The van der Waals surface area contributed by atoms with Gasteiger partial charge in [-0.3, -0.25) is 4.79 Å². The predicted octanol–water partition coefficient (Wildman–Crippen LogP) is 4.23. The van der Waals surface area contributed by atoms with Crippen LogP contribution in [0.3, 0.4) is 0 Å². The molecule has 3 heterocycles. The lowest BCUT2D eigenvalue weighted by Gasteiger charge is -2.34. The second kappa shape index (κ2) is 10.5. The predicted molar refractivity (Wildman–Crippen MR) is 136 cm³/mol. The van der Waals surface area contributed by atoms with E-state index in [1.54, 1.807) is 35.4 Å². The van der Waals surface area contributed by atoms with E-state index in [0.717, 1.165) is 16.8 Å². The number of carbonyl (C=O) groups is 1. The molecule has 2 aliphatic heterocycles. The maximum atomic E-state index is 13.7. The highest BCUT2D eigenvalue weighted by Crippen LogP contribution is 2.26. The SMILES string of the molecule is COc1ncc2c(n1)CCN(C(=O)CN1C(c3ccc(F)cc3)=NC(c3ccc(F)cc3)=CCC1C)C2. The first-order chi connectivity index (χ1) is 17.9. The zero-order valence-corrected chi connectivity index (χ0v) is 20.7. The number of ether oxygens (including phenoxy) is 1. The van der Waals surface area contributed by atoms with Crippen molar-refractivity contribution >= 4 is 17.4 Å². The van der Waals surface area contributed by atoms with Crippen molar-refractivity contribution in [3.8, 4) is 6.01 Å². The third-order valence-electron chi connectivity index (χ3n) is 6.68. The Morgan fingerprint density at radius 3 is 2.41 bits per heavy atom. The third-order valence-corrected chi connectivity index (χ3v) is 6.68. The summed E-state index contributed by atoms with van der Waals surface area (Å²) in [5.74, 6) is -0.158. The molecule has 5 rings (SSSR count). The van der Waals surface area contributed by atoms with Crippen molar-refractivity contribution in [2.24, 2.45) is 4.99 Å². The van der Waals surface area contributed by atoms with E-state index in [9.17, 15) is 13.6 Å². The molecule has 1 unspecified atom stereocenters. The number of carbonyl (C=O) groups excluding carboxylic acids is 1. The van der Waals surface area contributed by atoms with Crippen LogP contribution in [0.25, 0.3) is 5.70 Å². The lowest BCUT2D eigenvalue weighted by atomic mass is 10.1. The molecule has 2 aromatic carbocycles. The summed E-state index contributed by atoms with van der Waals surface area (Å²) in [4.78, 5) is 30.8. The van der Waals surface area contributed by atoms with E-state index in [-0.39, 0.29) is 30.1 Å². The van der Waals surface area contributed by atoms with E-state index in [4.69, 9.17) is 9.73 Å². The highest BCUT2D eigenvalue weighted by atomic mass is 19.1. The Morgan fingerprint density at radius 1 is 1.05 bits per heavy atom. The third kappa shape index (κ3) is 5.35. The average molecular weight is 504 g/mol. The van der Waals surface area contributed by atoms with Crippen LogP contribution in [0.5, 0.6) is 6.01 Å². The molecular weight excluding hydrogens is 476 g/mol. The molecule has 3 aromatic rings. The van der Waals surface area contributed by atoms with Crippen LogP contribution < -0.4 is 4.74 Å². The molecule has 1 atom stereocenters. The van der Waals surface area contributed by atoms with Crippen molar-refractivity contribution in [2.45, 2.75) is 32.4 Å². The van der Waals surface area contributed by atoms with Crippen molar-refractivity contribution in [3.05, 3.63) is 94.8 Å². The Labute approximate surface area is 214 Å². The highest BCUT2D eigenvalue weighted by molar-refractivity contribution is 6.03. The van der Waals surface area contributed by atoms with Gasteiger partial charge in [0.1, 0.15) is 17.5 Å². The molecule has 0 radical (unpaired) electrons. The minimum Gasteiger partial charge on any atom is -0.467 e. The fraction of sp³-hybridized carbons (Fsp3) is 0.286. The molecule has 2 aliphatic rings. The number of benzene rings is 2. The maximum absolute atomic E-state index is 13.7. The van der Waals surface area contributed by atoms with Gasteiger partial charge in [0.2, 0.25) is 5.91 Å². The van der Waals surface area contributed by atoms with Crippen LogP contribution in [0.2, 0.25) is 0 Å². The fourth-order valence-electron chi connectivity index (χ4n) is 4.56. The normalized spacial score (nSPS) is 17.5. The van der Waals surface area contributed by atoms with Crippen LogP contribution in [0, 0.1) is 11.6 Å². The maximum Gasteiger partial charge on any atom is 0.316 e. The van der Waals surface area contributed by atoms with Crippen LogP contribution in [-0.4, -0.2) is 57.8 Å². The molecule has 1 amide bonds. The number of fused-ring (bicyclic) bond motifs is 1. The first-order valence-corrected chi connectivity index (χ1v) is 12.1. The smallest absolute Gasteiger partial charge is 0.316 e. The molecule has 37 heavy (non-hydrogen) atoms. The molecule has 1 aromatic heterocycles. The quantitative estimate of drug-likeness (QED) is 0.521. The van der Waals surface area contributed by atoms with E-state index >= 15 is 0 Å². The zero-order valence-electron chi connectivity index (χ0n) is 20.7. The minimum atomic E-state index is -0.353. The number of hydrogen-bond donors (Lipinski definition) is 0. The van der Waals surface area contributed by atoms with Gasteiger partial charge in [-0.25, -0.2) is 18.8 Å². The summed E-state index contributed by atoms with van der Waals surface area (Å²) in [6, 6.07) is 12.5. The number of nitrogens with zero attached hydrogens (tertiary/aromatic N) is 5. The number of halogens is 2. The summed E-state index contributed by atoms with van der Waals surface area (Å²) in [5.41, 5.74) is 3.93. The second-order valence-electron chi connectivity index (χ2n) is 9.15. The van der Waals surface area contributed by atoms with Gasteiger partial charge in [0.15, 0.2) is 0 Å². The lowest BCUT2D eigenvalue weighted by molar-refractivity contribution is -0.132. The fourth-order valence-corrected chi connectivity index (χ4v) is 4.56. The van der Waals surface area contributed by atoms with Gasteiger partial charge in [0.05, 0.1) is 25.0 Å². The minimum absolute atomic E-state index is 0.0478. The molecule has 190 valence electrons.